The minimum absolute atomic E-state index is 0.474. The summed E-state index contributed by atoms with van der Waals surface area (Å²) >= 11 is 1.51. The molecule has 0 aliphatic heterocycles. The number of nitrogen functional groups attached to an aromatic ring is 1. The molecule has 0 unspecified atom stereocenters. The Hall–Kier alpha value is -1.67. The Kier molecular flexibility index (Phi) is 2.65. The van der Waals surface area contributed by atoms with E-state index in [-0.39, 0.29) is 0 Å². The highest BCUT2D eigenvalue weighted by molar-refractivity contribution is 7.99. The topological polar surface area (TPSA) is 94.5 Å². The van der Waals surface area contributed by atoms with Gasteiger partial charge in [0.15, 0.2) is 0 Å². The molecule has 0 saturated heterocycles. The highest BCUT2D eigenvalue weighted by atomic mass is 32.2. The van der Waals surface area contributed by atoms with Crippen molar-refractivity contribution in [3.8, 4) is 0 Å². The standard InChI is InChI=1S/C9H11N7S/c10-12-8-5-7(3-4-11-8)17-9-13-14-15-16(9)6-1-2-6/h3-6H,1-2,10H2,(H,11,12). The number of hydrogen-bond acceptors (Lipinski definition) is 7. The summed E-state index contributed by atoms with van der Waals surface area (Å²) in [5.41, 5.74) is 2.51. The van der Waals surface area contributed by atoms with Crippen LogP contribution in [-0.4, -0.2) is 25.2 Å². The number of hydrogen-bond donors (Lipinski definition) is 2. The highest BCUT2D eigenvalue weighted by Gasteiger charge is 2.28. The van der Waals surface area contributed by atoms with Gasteiger partial charge in [-0.25, -0.2) is 15.5 Å². The second kappa shape index (κ2) is 4.30. The summed E-state index contributed by atoms with van der Waals surface area (Å²) in [4.78, 5) is 5.05. The Morgan fingerprint density at radius 1 is 1.47 bits per heavy atom. The van der Waals surface area contributed by atoms with Crippen LogP contribution in [0.1, 0.15) is 18.9 Å². The summed E-state index contributed by atoms with van der Waals surface area (Å²) in [6.07, 6.45) is 4.01. The third-order valence-corrected chi connectivity index (χ3v) is 3.38. The van der Waals surface area contributed by atoms with Crippen molar-refractivity contribution >= 4 is 17.6 Å². The zero-order valence-corrected chi connectivity index (χ0v) is 9.76. The van der Waals surface area contributed by atoms with Crippen molar-refractivity contribution in [3.63, 3.8) is 0 Å². The monoisotopic (exact) mass is 249 g/mol. The maximum atomic E-state index is 5.31. The average molecular weight is 249 g/mol. The molecule has 7 nitrogen and oxygen atoms in total. The predicted molar refractivity (Wildman–Crippen MR) is 62.3 cm³/mol. The molecule has 2 aromatic rings. The molecular formula is C9H11N7S. The van der Waals surface area contributed by atoms with E-state index in [1.165, 1.54) is 11.8 Å². The molecule has 0 radical (unpaired) electrons. The van der Waals surface area contributed by atoms with Crippen molar-refractivity contribution in [2.75, 3.05) is 5.43 Å². The summed E-state index contributed by atoms with van der Waals surface area (Å²) in [7, 11) is 0. The smallest absolute Gasteiger partial charge is 0.214 e. The number of aromatic nitrogens is 5. The number of anilines is 1. The van der Waals surface area contributed by atoms with Crippen LogP contribution in [-0.2, 0) is 0 Å². The van der Waals surface area contributed by atoms with Crippen molar-refractivity contribution in [2.24, 2.45) is 5.84 Å². The van der Waals surface area contributed by atoms with Crippen molar-refractivity contribution in [1.82, 2.24) is 25.2 Å². The van der Waals surface area contributed by atoms with Crippen LogP contribution in [0.2, 0.25) is 0 Å². The van der Waals surface area contributed by atoms with E-state index < -0.39 is 0 Å². The third-order valence-electron chi connectivity index (χ3n) is 2.44. The molecule has 0 spiro atoms. The third kappa shape index (κ3) is 2.22. The lowest BCUT2D eigenvalue weighted by atomic mass is 10.5. The van der Waals surface area contributed by atoms with E-state index in [0.29, 0.717) is 11.9 Å². The molecule has 17 heavy (non-hydrogen) atoms. The summed E-state index contributed by atoms with van der Waals surface area (Å²) in [6, 6.07) is 4.23. The lowest BCUT2D eigenvalue weighted by Gasteiger charge is -2.03. The lowest BCUT2D eigenvalue weighted by molar-refractivity contribution is 0.565. The Morgan fingerprint density at radius 3 is 3.12 bits per heavy atom. The fraction of sp³-hybridized carbons (Fsp3) is 0.333. The van der Waals surface area contributed by atoms with E-state index in [1.807, 2.05) is 16.8 Å². The molecule has 0 aromatic carbocycles. The van der Waals surface area contributed by atoms with Crippen molar-refractivity contribution in [1.29, 1.82) is 0 Å². The van der Waals surface area contributed by atoms with Gasteiger partial charge >= 0.3 is 0 Å². The summed E-state index contributed by atoms with van der Waals surface area (Å²) in [5.74, 6) is 5.94. The molecule has 2 aromatic heterocycles. The van der Waals surface area contributed by atoms with Gasteiger partial charge in [-0.15, -0.1) is 5.10 Å². The molecule has 0 atom stereocenters. The number of tetrazole rings is 1. The highest BCUT2D eigenvalue weighted by Crippen LogP contribution is 2.37. The van der Waals surface area contributed by atoms with E-state index in [9.17, 15) is 0 Å². The molecule has 1 fully saturated rings. The minimum atomic E-state index is 0.474. The first-order valence-corrected chi connectivity index (χ1v) is 6.07. The fourth-order valence-electron chi connectivity index (χ4n) is 1.46. The molecule has 8 heteroatoms. The number of nitrogens with zero attached hydrogens (tertiary/aromatic N) is 5. The predicted octanol–water partition coefficient (Wildman–Crippen LogP) is 0.840. The van der Waals surface area contributed by atoms with Crippen LogP contribution in [0.3, 0.4) is 0 Å². The lowest BCUT2D eigenvalue weighted by Crippen LogP contribution is -2.08. The summed E-state index contributed by atoms with van der Waals surface area (Å²) in [6.45, 7) is 0. The van der Waals surface area contributed by atoms with E-state index >= 15 is 0 Å². The Morgan fingerprint density at radius 2 is 2.35 bits per heavy atom. The van der Waals surface area contributed by atoms with Crippen molar-refractivity contribution in [2.45, 2.75) is 28.9 Å². The zero-order chi connectivity index (χ0) is 11.7. The second-order valence-corrected chi connectivity index (χ2v) is 4.80. The fourth-order valence-corrected chi connectivity index (χ4v) is 2.33. The van der Waals surface area contributed by atoms with E-state index in [1.54, 1.807) is 6.20 Å². The molecule has 3 N–H and O–H groups in total. The normalized spacial score (nSPS) is 14.9. The maximum absolute atomic E-state index is 5.31. The second-order valence-electron chi connectivity index (χ2n) is 3.76. The number of pyridine rings is 1. The molecule has 0 bridgehead atoms. The summed E-state index contributed by atoms with van der Waals surface area (Å²) in [5, 5.41) is 12.5. The van der Waals surface area contributed by atoms with Crippen LogP contribution in [0, 0.1) is 0 Å². The maximum Gasteiger partial charge on any atom is 0.214 e. The molecule has 2 heterocycles. The Bertz CT molecular complexity index is 522. The first-order valence-electron chi connectivity index (χ1n) is 5.25. The Balaban J connectivity index is 1.83. The SMILES string of the molecule is NNc1cc(Sc2nnnn2C2CC2)ccn1. The van der Waals surface area contributed by atoms with Gasteiger partial charge in [0.25, 0.3) is 0 Å². The van der Waals surface area contributed by atoms with E-state index in [0.717, 1.165) is 22.9 Å². The molecular weight excluding hydrogens is 238 g/mol. The number of nitrogens with one attached hydrogen (secondary N) is 1. The van der Waals surface area contributed by atoms with Crippen LogP contribution in [0.25, 0.3) is 0 Å². The van der Waals surface area contributed by atoms with Gasteiger partial charge in [0, 0.05) is 11.1 Å². The van der Waals surface area contributed by atoms with E-state index in [4.69, 9.17) is 5.84 Å². The van der Waals surface area contributed by atoms with E-state index in [2.05, 4.69) is 25.9 Å². The Labute approximate surface area is 102 Å². The first kappa shape index (κ1) is 10.5. The van der Waals surface area contributed by atoms with Crippen LogP contribution >= 0.6 is 11.8 Å². The van der Waals surface area contributed by atoms with Gasteiger partial charge in [-0.1, -0.05) is 0 Å². The number of rotatable bonds is 4. The number of nitrogens with two attached hydrogens (primary N) is 1. The van der Waals surface area contributed by atoms with Gasteiger partial charge in [0.1, 0.15) is 5.82 Å². The zero-order valence-electron chi connectivity index (χ0n) is 8.95. The van der Waals surface area contributed by atoms with Crippen LogP contribution < -0.4 is 11.3 Å². The molecule has 3 rings (SSSR count). The van der Waals surface area contributed by atoms with Gasteiger partial charge < -0.3 is 5.43 Å². The average Bonchev–Trinajstić information content (AvgIpc) is 3.11. The van der Waals surface area contributed by atoms with Crippen LogP contribution in [0.15, 0.2) is 28.4 Å². The quantitative estimate of drug-likeness (QED) is 0.612. The van der Waals surface area contributed by atoms with Gasteiger partial charge in [-0.3, -0.25) is 0 Å². The van der Waals surface area contributed by atoms with Crippen molar-refractivity contribution < 1.29 is 0 Å². The number of hydrazine groups is 1. The molecule has 1 aliphatic rings. The molecule has 88 valence electrons. The van der Waals surface area contributed by atoms with Gasteiger partial charge in [0.2, 0.25) is 5.16 Å². The largest absolute Gasteiger partial charge is 0.308 e. The van der Waals surface area contributed by atoms with Gasteiger partial charge in [0.05, 0.1) is 6.04 Å². The first-order chi connectivity index (χ1) is 8.36. The molecule has 0 amide bonds. The van der Waals surface area contributed by atoms with Crippen molar-refractivity contribution in [3.05, 3.63) is 18.3 Å². The van der Waals surface area contributed by atoms with Gasteiger partial charge in [-0.2, -0.15) is 0 Å². The van der Waals surface area contributed by atoms with Crippen LogP contribution in [0.5, 0.6) is 0 Å². The van der Waals surface area contributed by atoms with Gasteiger partial charge in [-0.05, 0) is 47.2 Å². The molecule has 1 saturated carbocycles. The molecule has 1 aliphatic carbocycles. The summed E-state index contributed by atoms with van der Waals surface area (Å²) < 4.78 is 1.88. The van der Waals surface area contributed by atoms with Crippen LogP contribution in [0.4, 0.5) is 5.82 Å². The minimum Gasteiger partial charge on any atom is -0.308 e.